The molecule has 1 radical (unpaired) electrons. The fraction of sp³-hybridized carbons (Fsp3) is 0.400. The first-order valence-electron chi connectivity index (χ1n) is 23.3. The summed E-state index contributed by atoms with van der Waals surface area (Å²) < 4.78 is 7.26. The fourth-order valence-electron chi connectivity index (χ4n) is 8.99. The average Bonchev–Trinajstić information content (AvgIpc) is 3.33. The number of aliphatic carboxylic acids is 3. The van der Waals surface area contributed by atoms with Gasteiger partial charge in [-0.25, -0.2) is 0 Å². The molecule has 6 rings (SSSR count). The molecule has 4 aromatic carbocycles. The summed E-state index contributed by atoms with van der Waals surface area (Å²) in [7, 11) is 3.56. The van der Waals surface area contributed by atoms with Crippen LogP contribution in [0.5, 0.6) is 5.75 Å². The first-order chi connectivity index (χ1) is 33.6. The molecule has 1 fully saturated rings. The number of rotatable bonds is 20. The molecule has 19 nitrogen and oxygen atoms in total. The second-order valence-corrected chi connectivity index (χ2v) is 17.7. The largest absolute Gasteiger partial charge is 0.497 e. The summed E-state index contributed by atoms with van der Waals surface area (Å²) in [6.45, 7) is 2.16. The van der Waals surface area contributed by atoms with Crippen LogP contribution < -0.4 is 25.0 Å². The molecular formula is C50H64BEuN8O11+. The number of hydrogen-bond acceptors (Lipinski definition) is 13. The Balaban J connectivity index is 0.00000937. The van der Waals surface area contributed by atoms with E-state index in [9.17, 15) is 49.3 Å². The molecule has 1 aliphatic heterocycles. The van der Waals surface area contributed by atoms with Crippen molar-refractivity contribution in [1.29, 1.82) is 0 Å². The smallest absolute Gasteiger partial charge is 0.488 e. The minimum atomic E-state index is -1.68. The zero-order valence-electron chi connectivity index (χ0n) is 40.4. The number of nitrogens with zero attached hydrogens (tertiary/aromatic N) is 7. The monoisotopic (exact) mass is 1120 g/mol. The maximum Gasteiger partial charge on any atom is 0.488 e. The number of carboxylic acids is 3. The van der Waals surface area contributed by atoms with Gasteiger partial charge in [0.2, 0.25) is 18.0 Å². The van der Waals surface area contributed by atoms with Crippen molar-refractivity contribution in [3.05, 3.63) is 108 Å². The minimum absolute atomic E-state index is 0. The molecular weight excluding hydrogens is 1050 g/mol. The van der Waals surface area contributed by atoms with Crippen LogP contribution in [0.2, 0.25) is 0 Å². The van der Waals surface area contributed by atoms with Crippen molar-refractivity contribution in [2.24, 2.45) is 0 Å². The second-order valence-electron chi connectivity index (χ2n) is 17.7. The number of hydrogen-bond donors (Lipinski definition) is 6. The van der Waals surface area contributed by atoms with Crippen molar-refractivity contribution in [1.82, 2.24) is 29.8 Å². The van der Waals surface area contributed by atoms with E-state index in [2.05, 4.69) is 5.32 Å². The number of carboxylic acid groups (broad SMARTS) is 3. The van der Waals surface area contributed by atoms with Crippen molar-refractivity contribution in [3.63, 3.8) is 0 Å². The zero-order chi connectivity index (χ0) is 50.3. The molecule has 0 bridgehead atoms. The molecule has 2 heterocycles. The van der Waals surface area contributed by atoms with Gasteiger partial charge in [-0.1, -0.05) is 48.5 Å². The Kier molecular flexibility index (Phi) is 22.1. The molecule has 5 aromatic rings. The number of anilines is 1. The quantitative estimate of drug-likeness (QED) is 0.0360. The van der Waals surface area contributed by atoms with Gasteiger partial charge < -0.3 is 45.2 Å². The van der Waals surface area contributed by atoms with E-state index in [1.54, 1.807) is 45.9 Å². The van der Waals surface area contributed by atoms with Crippen LogP contribution >= 0.6 is 0 Å². The van der Waals surface area contributed by atoms with Gasteiger partial charge in [0.15, 0.2) is 6.20 Å². The number of methoxy groups -OCH3 is 1. The summed E-state index contributed by atoms with van der Waals surface area (Å²) in [6, 6.07) is 28.2. The summed E-state index contributed by atoms with van der Waals surface area (Å²) in [5.41, 5.74) is 3.65. The van der Waals surface area contributed by atoms with Crippen LogP contribution in [0, 0.1) is 49.4 Å². The van der Waals surface area contributed by atoms with E-state index in [1.165, 1.54) is 0 Å². The summed E-state index contributed by atoms with van der Waals surface area (Å²) in [5, 5.41) is 55.1. The standard InChI is InChI=1S/C50H63BN8O11.Eu/c1-53(47(61)32-55-20-22-56(33-48(62)63)24-26-58(35-50(66)67)27-25-57(23-21-55)34-49(64)65)29-36-12-17-45-42(28-36)40-9-5-4-8-37(40)30-59(45)31-46(60)52-19-18-44(41-10-6-7-11-43(41)51(68)69)54(2)38-13-15-39(70-3)16-14-38;/h4-17,28,30,44,68-69H,18-27,29,31-35H2,1-3H3,(H3-,52,60,62,63,64,65,66,67);/p+1. The first-order valence-corrected chi connectivity index (χ1v) is 23.3. The Morgan fingerprint density at radius 3 is 1.79 bits per heavy atom. The predicted molar refractivity (Wildman–Crippen MR) is 265 cm³/mol. The third kappa shape index (κ3) is 16.7. The molecule has 71 heavy (non-hydrogen) atoms. The van der Waals surface area contributed by atoms with E-state index in [-0.39, 0.29) is 133 Å². The molecule has 1 saturated heterocycles. The molecule has 1 aromatic heterocycles. The molecule has 2 amide bonds. The Hall–Kier alpha value is -5.09. The first kappa shape index (κ1) is 56.8. The maximum absolute atomic E-state index is 13.9. The summed E-state index contributed by atoms with van der Waals surface area (Å²) in [4.78, 5) is 73.5. The number of likely N-dealkylation sites (N-methyl/N-ethyl adjacent to an activating group) is 1. The van der Waals surface area contributed by atoms with Crippen molar-refractivity contribution in [2.45, 2.75) is 25.6 Å². The molecule has 1 aliphatic rings. The van der Waals surface area contributed by atoms with Gasteiger partial charge in [-0.15, -0.1) is 0 Å². The Bertz CT molecular complexity index is 2580. The predicted octanol–water partition coefficient (Wildman–Crippen LogP) is 0.787. The van der Waals surface area contributed by atoms with Crippen molar-refractivity contribution >= 4 is 69.7 Å². The number of fused-ring (bicyclic) bond motifs is 3. The van der Waals surface area contributed by atoms with Crippen molar-refractivity contribution in [3.8, 4) is 5.75 Å². The fourth-order valence-corrected chi connectivity index (χ4v) is 8.99. The van der Waals surface area contributed by atoms with E-state index in [1.807, 2.05) is 106 Å². The summed E-state index contributed by atoms with van der Waals surface area (Å²) in [6.07, 6.45) is 2.40. The Morgan fingerprint density at radius 2 is 1.24 bits per heavy atom. The number of ether oxygens (including phenoxy) is 1. The third-order valence-corrected chi connectivity index (χ3v) is 12.8. The number of amides is 2. The van der Waals surface area contributed by atoms with Gasteiger partial charge in [0, 0.05) is 151 Å². The molecule has 0 spiro atoms. The third-order valence-electron chi connectivity index (χ3n) is 12.8. The number of aromatic nitrogens is 1. The molecule has 0 saturated carbocycles. The van der Waals surface area contributed by atoms with Crippen LogP contribution in [0.15, 0.2) is 97.2 Å². The molecule has 21 heteroatoms. The second kappa shape index (κ2) is 27.7. The van der Waals surface area contributed by atoms with Crippen LogP contribution in [0.3, 0.4) is 0 Å². The SMILES string of the molecule is COc1ccc(N(C)C(CCNC(=O)C[n+]2cc3ccccc3c3cc(CN(C)C(=O)CN4CCN(CC(=O)O)CCN(CC(=O)O)CCN(CC(=O)O)CC4)ccc32)c2ccccc2B(O)O)cc1.[Eu]. The Morgan fingerprint density at radius 1 is 0.704 bits per heavy atom. The van der Waals surface area contributed by atoms with Crippen LogP contribution in [-0.2, 0) is 37.1 Å². The van der Waals surface area contributed by atoms with Crippen LogP contribution in [-0.4, -0.2) is 193 Å². The normalized spacial score (nSPS) is 14.9. The number of carbonyl (C=O) groups is 5. The molecule has 6 N–H and O–H groups in total. The molecule has 379 valence electrons. The van der Waals surface area contributed by atoms with Gasteiger partial charge in [-0.2, -0.15) is 4.57 Å². The molecule has 1 unspecified atom stereocenters. The van der Waals surface area contributed by atoms with Crippen molar-refractivity contribution < 1.29 is 108 Å². The Labute approximate surface area is 454 Å². The molecule has 1 atom stereocenters. The molecule has 0 aliphatic carbocycles. The zero-order valence-corrected chi connectivity index (χ0v) is 42.8. The van der Waals surface area contributed by atoms with E-state index in [4.69, 9.17) is 4.74 Å². The van der Waals surface area contributed by atoms with E-state index in [0.717, 1.165) is 38.5 Å². The number of benzene rings is 4. The van der Waals surface area contributed by atoms with E-state index >= 15 is 0 Å². The van der Waals surface area contributed by atoms with Crippen LogP contribution in [0.1, 0.15) is 23.6 Å². The van der Waals surface area contributed by atoms with Gasteiger partial charge in [-0.3, -0.25) is 43.6 Å². The number of nitrogens with one attached hydrogen (secondary N) is 1. The maximum atomic E-state index is 13.9. The average molecular weight is 1120 g/mol. The van der Waals surface area contributed by atoms with Gasteiger partial charge >= 0.3 is 25.0 Å². The van der Waals surface area contributed by atoms with Gasteiger partial charge in [0.25, 0.3) is 5.91 Å². The minimum Gasteiger partial charge on any atom is -0.497 e. The number of pyridine rings is 1. The topological polar surface area (TPSA) is 231 Å². The van der Waals surface area contributed by atoms with Gasteiger partial charge in [0.1, 0.15) is 5.75 Å². The summed E-state index contributed by atoms with van der Waals surface area (Å²) in [5.74, 6) is -2.78. The summed E-state index contributed by atoms with van der Waals surface area (Å²) >= 11 is 0. The van der Waals surface area contributed by atoms with Crippen molar-refractivity contribution in [2.75, 3.05) is 111 Å². The van der Waals surface area contributed by atoms with Crippen LogP contribution in [0.4, 0.5) is 5.69 Å². The number of carbonyl (C=O) groups excluding carboxylic acids is 2. The van der Waals surface area contributed by atoms with Gasteiger partial charge in [-0.05, 0) is 59.4 Å². The van der Waals surface area contributed by atoms with E-state index in [0.29, 0.717) is 50.4 Å². The van der Waals surface area contributed by atoms with E-state index < -0.39 is 25.0 Å². The van der Waals surface area contributed by atoms with Crippen LogP contribution in [0.25, 0.3) is 21.7 Å². The van der Waals surface area contributed by atoms with Gasteiger partial charge in [0.05, 0.1) is 44.7 Å².